The molecule has 0 aromatic carbocycles. The summed E-state index contributed by atoms with van der Waals surface area (Å²) in [6, 6.07) is 3.67. The van der Waals surface area contributed by atoms with E-state index in [1.54, 1.807) is 22.7 Å². The maximum Gasteiger partial charge on any atom is 0.168 e. The van der Waals surface area contributed by atoms with E-state index in [1.165, 1.54) is 6.20 Å². The first-order valence-corrected chi connectivity index (χ1v) is 9.70. The highest BCUT2D eigenvalue weighted by molar-refractivity contribution is 5.63. The summed E-state index contributed by atoms with van der Waals surface area (Å²) in [6.45, 7) is 0.909. The Kier molecular flexibility index (Phi) is 4.54. The molecule has 2 aliphatic rings. The Balaban J connectivity index is 1.48. The van der Waals surface area contributed by atoms with Gasteiger partial charge in [0, 0.05) is 24.9 Å². The van der Waals surface area contributed by atoms with Gasteiger partial charge in [-0.25, -0.2) is 23.1 Å². The second-order valence-corrected chi connectivity index (χ2v) is 7.46. The fraction of sp³-hybridized carbons (Fsp3) is 0.400. The number of imidazole rings is 1. The molecular weight excluding hydrogens is 383 g/mol. The fourth-order valence-corrected chi connectivity index (χ4v) is 3.48. The number of pyridine rings is 2. The van der Waals surface area contributed by atoms with Crippen LogP contribution in [0.5, 0.6) is 5.75 Å². The Labute approximate surface area is 165 Å². The first kappa shape index (κ1) is 18.2. The number of alkyl halides is 1. The molecule has 29 heavy (non-hydrogen) atoms. The van der Waals surface area contributed by atoms with Crippen molar-refractivity contribution in [1.82, 2.24) is 19.7 Å². The van der Waals surface area contributed by atoms with Gasteiger partial charge in [0.25, 0.3) is 0 Å². The molecule has 1 saturated carbocycles. The smallest absolute Gasteiger partial charge is 0.168 e. The molecule has 152 valence electrons. The Morgan fingerprint density at radius 1 is 1.17 bits per heavy atom. The van der Waals surface area contributed by atoms with Crippen molar-refractivity contribution in [3.8, 4) is 17.1 Å². The molecule has 2 N–H and O–H groups in total. The van der Waals surface area contributed by atoms with Crippen LogP contribution in [0.2, 0.25) is 0 Å². The Morgan fingerprint density at radius 2 is 2.03 bits per heavy atom. The average Bonchev–Trinajstić information content (AvgIpc) is 3.42. The SMILES string of the molecule is Fc1cc(F)c(-c2cnc3cc(OC4CC4)ccn23)nc1N[C@@H]1CNCC[C@H]1F. The number of hydrogen-bond donors (Lipinski definition) is 2. The maximum absolute atomic E-state index is 14.6. The molecule has 1 aliphatic heterocycles. The highest BCUT2D eigenvalue weighted by atomic mass is 19.1. The summed E-state index contributed by atoms with van der Waals surface area (Å²) in [5, 5.41) is 5.83. The van der Waals surface area contributed by atoms with Gasteiger partial charge in [0.15, 0.2) is 17.5 Å². The lowest BCUT2D eigenvalue weighted by atomic mass is 10.1. The number of anilines is 1. The predicted octanol–water partition coefficient (Wildman–Crippen LogP) is 3.33. The Bertz CT molecular complexity index is 1050. The zero-order valence-corrected chi connectivity index (χ0v) is 15.5. The molecule has 1 aliphatic carbocycles. The third-order valence-corrected chi connectivity index (χ3v) is 5.20. The second-order valence-electron chi connectivity index (χ2n) is 7.46. The van der Waals surface area contributed by atoms with Gasteiger partial charge in [-0.15, -0.1) is 0 Å². The Morgan fingerprint density at radius 3 is 2.83 bits per heavy atom. The zero-order chi connectivity index (χ0) is 20.0. The standard InChI is InChI=1S/C20H20F3N5O/c21-13-3-5-24-9-16(13)26-20-15(23)8-14(22)19(27-20)17-10-25-18-7-12(4-6-28(17)18)29-11-1-2-11/h4,6-8,10-11,13,16,24H,1-3,5,9H2,(H,26,27)/t13-,16-/m1/s1. The lowest BCUT2D eigenvalue weighted by molar-refractivity contribution is 0.240. The largest absolute Gasteiger partial charge is 0.490 e. The van der Waals surface area contributed by atoms with Crippen molar-refractivity contribution in [1.29, 1.82) is 0 Å². The highest BCUT2D eigenvalue weighted by Gasteiger charge is 2.27. The molecule has 0 amide bonds. The van der Waals surface area contributed by atoms with Gasteiger partial charge >= 0.3 is 0 Å². The monoisotopic (exact) mass is 403 g/mol. The van der Waals surface area contributed by atoms with E-state index in [1.807, 2.05) is 0 Å². The van der Waals surface area contributed by atoms with Crippen molar-refractivity contribution >= 4 is 11.5 Å². The molecular formula is C20H20F3N5O. The quantitative estimate of drug-likeness (QED) is 0.684. The van der Waals surface area contributed by atoms with Crippen LogP contribution in [-0.4, -0.2) is 45.8 Å². The normalized spacial score (nSPS) is 22.0. The summed E-state index contributed by atoms with van der Waals surface area (Å²) in [5.41, 5.74) is 0.881. The lowest BCUT2D eigenvalue weighted by Crippen LogP contribution is -2.46. The summed E-state index contributed by atoms with van der Waals surface area (Å²) in [7, 11) is 0. The van der Waals surface area contributed by atoms with E-state index in [0.29, 0.717) is 36.6 Å². The molecule has 4 heterocycles. The van der Waals surface area contributed by atoms with Crippen molar-refractivity contribution in [3.05, 3.63) is 42.2 Å². The van der Waals surface area contributed by atoms with Crippen molar-refractivity contribution in [2.24, 2.45) is 0 Å². The van der Waals surface area contributed by atoms with Gasteiger partial charge in [-0.05, 0) is 31.9 Å². The number of hydrogen-bond acceptors (Lipinski definition) is 5. The number of piperidine rings is 1. The van der Waals surface area contributed by atoms with Gasteiger partial charge in [-0.2, -0.15) is 0 Å². The minimum Gasteiger partial charge on any atom is -0.490 e. The Hall–Kier alpha value is -2.81. The topological polar surface area (TPSA) is 63.5 Å². The number of fused-ring (bicyclic) bond motifs is 1. The predicted molar refractivity (Wildman–Crippen MR) is 102 cm³/mol. The molecule has 1 saturated heterocycles. The lowest BCUT2D eigenvalue weighted by Gasteiger charge is -2.28. The summed E-state index contributed by atoms with van der Waals surface area (Å²) < 4.78 is 50.4. The average molecular weight is 403 g/mol. The third-order valence-electron chi connectivity index (χ3n) is 5.20. The van der Waals surface area contributed by atoms with Gasteiger partial charge < -0.3 is 15.4 Å². The fourth-order valence-electron chi connectivity index (χ4n) is 3.48. The van der Waals surface area contributed by atoms with Crippen LogP contribution in [-0.2, 0) is 0 Å². The van der Waals surface area contributed by atoms with Gasteiger partial charge in [0.2, 0.25) is 0 Å². The van der Waals surface area contributed by atoms with E-state index in [2.05, 4.69) is 20.6 Å². The van der Waals surface area contributed by atoms with E-state index in [-0.39, 0.29) is 17.6 Å². The molecule has 6 nitrogen and oxygen atoms in total. The van der Waals surface area contributed by atoms with Crippen molar-refractivity contribution in [2.75, 3.05) is 18.4 Å². The van der Waals surface area contributed by atoms with E-state index in [0.717, 1.165) is 18.9 Å². The molecule has 3 aromatic rings. The number of ether oxygens (including phenoxy) is 1. The van der Waals surface area contributed by atoms with Gasteiger partial charge in [0.1, 0.15) is 23.3 Å². The van der Waals surface area contributed by atoms with E-state index in [4.69, 9.17) is 4.74 Å². The minimum atomic E-state index is -1.13. The molecule has 3 aromatic heterocycles. The van der Waals surface area contributed by atoms with Crippen LogP contribution >= 0.6 is 0 Å². The van der Waals surface area contributed by atoms with Gasteiger partial charge in [-0.3, -0.25) is 4.40 Å². The minimum absolute atomic E-state index is 0.0589. The summed E-state index contributed by atoms with van der Waals surface area (Å²) in [5.74, 6) is -1.16. The van der Waals surface area contributed by atoms with Crippen LogP contribution < -0.4 is 15.4 Å². The number of rotatable bonds is 5. The van der Waals surface area contributed by atoms with Crippen LogP contribution in [0.25, 0.3) is 17.0 Å². The number of nitrogens with zero attached hydrogens (tertiary/aromatic N) is 3. The number of halogens is 3. The van der Waals surface area contributed by atoms with Crippen molar-refractivity contribution in [3.63, 3.8) is 0 Å². The maximum atomic E-state index is 14.6. The molecule has 2 fully saturated rings. The molecule has 0 unspecified atom stereocenters. The van der Waals surface area contributed by atoms with Crippen LogP contribution in [0.1, 0.15) is 19.3 Å². The molecule has 9 heteroatoms. The molecule has 0 bridgehead atoms. The van der Waals surface area contributed by atoms with Crippen LogP contribution in [0.15, 0.2) is 30.6 Å². The molecule has 5 rings (SSSR count). The zero-order valence-electron chi connectivity index (χ0n) is 15.5. The van der Waals surface area contributed by atoms with E-state index in [9.17, 15) is 13.2 Å². The summed E-state index contributed by atoms with van der Waals surface area (Å²) >= 11 is 0. The summed E-state index contributed by atoms with van der Waals surface area (Å²) in [4.78, 5) is 8.42. The van der Waals surface area contributed by atoms with Gasteiger partial charge in [0.05, 0.1) is 24.0 Å². The number of nitrogens with one attached hydrogen (secondary N) is 2. The van der Waals surface area contributed by atoms with E-state index < -0.39 is 23.8 Å². The molecule has 2 atom stereocenters. The van der Waals surface area contributed by atoms with Crippen LogP contribution in [0.3, 0.4) is 0 Å². The first-order chi connectivity index (χ1) is 14.1. The van der Waals surface area contributed by atoms with Gasteiger partial charge in [-0.1, -0.05) is 0 Å². The first-order valence-electron chi connectivity index (χ1n) is 9.70. The second kappa shape index (κ2) is 7.22. The van der Waals surface area contributed by atoms with Crippen molar-refractivity contribution in [2.45, 2.75) is 37.6 Å². The van der Waals surface area contributed by atoms with Crippen molar-refractivity contribution < 1.29 is 17.9 Å². The van der Waals surface area contributed by atoms with Crippen LogP contribution in [0, 0.1) is 11.6 Å². The number of aromatic nitrogens is 3. The van der Waals surface area contributed by atoms with Crippen LogP contribution in [0.4, 0.5) is 19.0 Å². The third kappa shape index (κ3) is 3.62. The highest BCUT2D eigenvalue weighted by Crippen LogP contribution is 2.30. The molecule has 0 spiro atoms. The molecule has 0 radical (unpaired) electrons. The summed E-state index contributed by atoms with van der Waals surface area (Å²) in [6.07, 6.45) is 4.73. The van der Waals surface area contributed by atoms with E-state index >= 15 is 0 Å².